The second-order valence-electron chi connectivity index (χ2n) is 11.0. The van der Waals surface area contributed by atoms with E-state index in [0.717, 1.165) is 32.7 Å². The molecule has 2 amide bonds. The lowest BCUT2D eigenvalue weighted by molar-refractivity contribution is -0.128. The Labute approximate surface area is 274 Å². The average molecular weight is 657 g/mol. The molecular formula is C35H33FN4O8. The summed E-state index contributed by atoms with van der Waals surface area (Å²) in [5, 5.41) is 0. The van der Waals surface area contributed by atoms with Gasteiger partial charge in [0.1, 0.15) is 19.9 Å². The van der Waals surface area contributed by atoms with Gasteiger partial charge in [0.25, 0.3) is 5.56 Å². The fourth-order valence-corrected chi connectivity index (χ4v) is 5.38. The fourth-order valence-electron chi connectivity index (χ4n) is 5.38. The van der Waals surface area contributed by atoms with E-state index in [1.165, 1.54) is 13.0 Å². The topological polar surface area (TPSA) is 129 Å². The standard InChI is InChI=1S/C35H33FN4O8/c1-4-16-46-35(45)48-22-38-19-31(36)32(42)40(33(38)43)21-39(25-10-6-5-7-11-25)34(44)47-20-30-27-13-9-8-12-26(27)28-15-14-24(17-29(28)30)18-37(3)23(2)41/h4-15,17,19,30H,1,16,18,20-22H2,2-3H3. The van der Waals surface area contributed by atoms with Crippen LogP contribution in [-0.4, -0.2) is 52.5 Å². The zero-order chi connectivity index (χ0) is 34.4. The van der Waals surface area contributed by atoms with Crippen LogP contribution >= 0.6 is 0 Å². The summed E-state index contributed by atoms with van der Waals surface area (Å²) < 4.78 is 31.3. The number of hydrogen-bond acceptors (Lipinski definition) is 8. The van der Waals surface area contributed by atoms with Crippen LogP contribution in [-0.2, 0) is 38.9 Å². The SMILES string of the molecule is C=CCOC(=O)OCn1cc(F)c(=O)n(CN(C(=O)OCC2c3ccccc3-c3ccc(CN(C)C(C)=O)cc32)c2ccccc2)c1=O. The maximum absolute atomic E-state index is 14.8. The third-order valence-corrected chi connectivity index (χ3v) is 7.86. The molecule has 1 aliphatic carbocycles. The fraction of sp³-hybridized carbons (Fsp3) is 0.229. The molecule has 0 bridgehead atoms. The molecule has 248 valence electrons. The van der Waals surface area contributed by atoms with Crippen LogP contribution in [0.15, 0.2) is 101 Å². The van der Waals surface area contributed by atoms with Gasteiger partial charge in [-0.05, 0) is 39.9 Å². The quantitative estimate of drug-likeness (QED) is 0.166. The van der Waals surface area contributed by atoms with E-state index >= 15 is 0 Å². The molecule has 0 fully saturated rings. The van der Waals surface area contributed by atoms with Crippen molar-refractivity contribution in [2.75, 3.05) is 25.2 Å². The van der Waals surface area contributed by atoms with Crippen LogP contribution in [0.25, 0.3) is 11.1 Å². The van der Waals surface area contributed by atoms with Gasteiger partial charge < -0.3 is 19.1 Å². The van der Waals surface area contributed by atoms with E-state index in [0.29, 0.717) is 21.9 Å². The van der Waals surface area contributed by atoms with Crippen LogP contribution in [0.1, 0.15) is 29.5 Å². The third-order valence-electron chi connectivity index (χ3n) is 7.86. The zero-order valence-electron chi connectivity index (χ0n) is 26.3. The molecule has 3 aromatic carbocycles. The lowest BCUT2D eigenvalue weighted by Crippen LogP contribution is -2.47. The molecule has 1 aromatic heterocycles. The molecule has 0 radical (unpaired) electrons. The van der Waals surface area contributed by atoms with Crippen LogP contribution in [0.2, 0.25) is 0 Å². The molecule has 4 aromatic rings. The minimum absolute atomic E-state index is 0.0759. The lowest BCUT2D eigenvalue weighted by atomic mass is 9.96. The van der Waals surface area contributed by atoms with Gasteiger partial charge in [0.2, 0.25) is 11.7 Å². The van der Waals surface area contributed by atoms with Gasteiger partial charge in [-0.1, -0.05) is 73.3 Å². The van der Waals surface area contributed by atoms with Crippen molar-refractivity contribution in [1.29, 1.82) is 0 Å². The van der Waals surface area contributed by atoms with Gasteiger partial charge in [-0.3, -0.25) is 19.1 Å². The molecule has 13 heteroatoms. The van der Waals surface area contributed by atoms with E-state index in [4.69, 9.17) is 14.2 Å². The Morgan fingerprint density at radius 1 is 0.938 bits per heavy atom. The van der Waals surface area contributed by atoms with Gasteiger partial charge in [0.15, 0.2) is 6.73 Å². The normalized spacial score (nSPS) is 12.8. The molecule has 48 heavy (non-hydrogen) atoms. The van der Waals surface area contributed by atoms with Crippen molar-refractivity contribution in [3.8, 4) is 11.1 Å². The number of benzene rings is 3. The smallest absolute Gasteiger partial charge is 0.448 e. The minimum atomic E-state index is -1.32. The Balaban J connectivity index is 1.42. The maximum atomic E-state index is 14.8. The summed E-state index contributed by atoms with van der Waals surface area (Å²) in [5.74, 6) is -1.75. The molecule has 0 saturated heterocycles. The number of hydrogen-bond donors (Lipinski definition) is 0. The van der Waals surface area contributed by atoms with Crippen molar-refractivity contribution in [2.24, 2.45) is 0 Å². The first kappa shape index (κ1) is 33.4. The Bertz CT molecular complexity index is 1970. The molecule has 0 N–H and O–H groups in total. The summed E-state index contributed by atoms with van der Waals surface area (Å²) >= 11 is 0. The Kier molecular flexibility index (Phi) is 10.2. The number of carbonyl (C=O) groups excluding carboxylic acids is 3. The number of aromatic nitrogens is 2. The molecular weight excluding hydrogens is 623 g/mol. The zero-order valence-corrected chi connectivity index (χ0v) is 26.3. The van der Waals surface area contributed by atoms with E-state index in [2.05, 4.69) is 6.58 Å². The summed E-state index contributed by atoms with van der Waals surface area (Å²) in [4.78, 5) is 66.1. The van der Waals surface area contributed by atoms with Gasteiger partial charge in [0, 0.05) is 32.1 Å². The number of amides is 2. The largest absolute Gasteiger partial charge is 0.510 e. The summed E-state index contributed by atoms with van der Waals surface area (Å²) in [5.41, 5.74) is 2.66. The van der Waals surface area contributed by atoms with Crippen molar-refractivity contribution in [3.63, 3.8) is 0 Å². The molecule has 0 saturated carbocycles. The van der Waals surface area contributed by atoms with Crippen molar-refractivity contribution in [2.45, 2.75) is 32.8 Å². The monoisotopic (exact) mass is 656 g/mol. The van der Waals surface area contributed by atoms with E-state index in [9.17, 15) is 28.4 Å². The van der Waals surface area contributed by atoms with Crippen molar-refractivity contribution in [1.82, 2.24) is 14.0 Å². The summed E-state index contributed by atoms with van der Waals surface area (Å²) in [6.07, 6.45) is -0.125. The second-order valence-corrected chi connectivity index (χ2v) is 11.0. The molecule has 1 aliphatic rings. The number of ether oxygens (including phenoxy) is 3. The van der Waals surface area contributed by atoms with Gasteiger partial charge in [-0.2, -0.15) is 4.39 Å². The Hall–Kier alpha value is -5.98. The summed E-state index contributed by atoms with van der Waals surface area (Å²) in [6.45, 7) is 3.59. The van der Waals surface area contributed by atoms with Gasteiger partial charge >= 0.3 is 17.9 Å². The molecule has 1 unspecified atom stereocenters. The van der Waals surface area contributed by atoms with E-state index in [1.54, 1.807) is 42.3 Å². The first-order valence-electron chi connectivity index (χ1n) is 14.9. The lowest BCUT2D eigenvalue weighted by Gasteiger charge is -2.24. The van der Waals surface area contributed by atoms with Crippen LogP contribution in [0.5, 0.6) is 0 Å². The Morgan fingerprint density at radius 2 is 1.65 bits per heavy atom. The summed E-state index contributed by atoms with van der Waals surface area (Å²) in [7, 11) is 1.71. The predicted octanol–water partition coefficient (Wildman–Crippen LogP) is 4.84. The van der Waals surface area contributed by atoms with Gasteiger partial charge in [-0.25, -0.2) is 19.0 Å². The molecule has 12 nitrogen and oxygen atoms in total. The predicted molar refractivity (Wildman–Crippen MR) is 174 cm³/mol. The Morgan fingerprint density at radius 3 is 2.38 bits per heavy atom. The highest BCUT2D eigenvalue weighted by molar-refractivity contribution is 5.87. The molecule has 1 atom stereocenters. The van der Waals surface area contributed by atoms with Crippen molar-refractivity contribution >= 4 is 23.8 Å². The van der Waals surface area contributed by atoms with E-state index in [1.807, 2.05) is 42.5 Å². The van der Waals surface area contributed by atoms with Crippen LogP contribution in [0.4, 0.5) is 19.7 Å². The highest BCUT2D eigenvalue weighted by Crippen LogP contribution is 2.45. The molecule has 0 aliphatic heterocycles. The number of rotatable bonds is 11. The van der Waals surface area contributed by atoms with Crippen molar-refractivity contribution < 1.29 is 33.0 Å². The highest BCUT2D eigenvalue weighted by Gasteiger charge is 2.31. The number of carbonyl (C=O) groups is 3. The third kappa shape index (κ3) is 7.20. The average Bonchev–Trinajstić information content (AvgIpc) is 3.40. The number of nitrogens with zero attached hydrogens (tertiary/aromatic N) is 4. The first-order valence-corrected chi connectivity index (χ1v) is 14.9. The first-order chi connectivity index (χ1) is 23.1. The number of halogens is 1. The van der Waals surface area contributed by atoms with Gasteiger partial charge in [0.05, 0.1) is 6.20 Å². The number of anilines is 1. The molecule has 0 spiro atoms. The molecule has 5 rings (SSSR count). The minimum Gasteiger partial charge on any atom is -0.448 e. The van der Waals surface area contributed by atoms with Gasteiger partial charge in [-0.15, -0.1) is 0 Å². The number of fused-ring (bicyclic) bond motifs is 3. The van der Waals surface area contributed by atoms with E-state index in [-0.39, 0.29) is 30.7 Å². The van der Waals surface area contributed by atoms with Crippen LogP contribution < -0.4 is 16.1 Å². The number of para-hydroxylation sites is 1. The molecule has 1 heterocycles. The van der Waals surface area contributed by atoms with Crippen LogP contribution in [0, 0.1) is 5.82 Å². The highest BCUT2D eigenvalue weighted by atomic mass is 19.1. The van der Waals surface area contributed by atoms with Crippen LogP contribution in [0.3, 0.4) is 0 Å². The van der Waals surface area contributed by atoms with E-state index < -0.39 is 42.7 Å². The summed E-state index contributed by atoms with van der Waals surface area (Å²) in [6, 6.07) is 21.8. The van der Waals surface area contributed by atoms with Crippen molar-refractivity contribution in [3.05, 3.63) is 135 Å². The second kappa shape index (κ2) is 14.6. The maximum Gasteiger partial charge on any atom is 0.510 e.